The first-order chi connectivity index (χ1) is 15.2. The van der Waals surface area contributed by atoms with Gasteiger partial charge in [0.25, 0.3) is 0 Å². The van der Waals surface area contributed by atoms with Crippen LogP contribution in [0.4, 0.5) is 0 Å². The molecule has 0 saturated carbocycles. The van der Waals surface area contributed by atoms with E-state index in [1.807, 2.05) is 0 Å². The van der Waals surface area contributed by atoms with Gasteiger partial charge in [-0.2, -0.15) is 0 Å². The van der Waals surface area contributed by atoms with E-state index in [-0.39, 0.29) is 0 Å². The van der Waals surface area contributed by atoms with Crippen molar-refractivity contribution in [1.82, 2.24) is 0 Å². The van der Waals surface area contributed by atoms with Gasteiger partial charge in [0.15, 0.2) is 0 Å². The van der Waals surface area contributed by atoms with Crippen LogP contribution in [0.2, 0.25) is 17.7 Å². The summed E-state index contributed by atoms with van der Waals surface area (Å²) in [6, 6.07) is 23.2. The van der Waals surface area contributed by atoms with Crippen molar-refractivity contribution in [2.45, 2.75) is 96.8 Å². The van der Waals surface area contributed by atoms with Crippen molar-refractivity contribution in [1.29, 1.82) is 0 Å². The normalized spacial score (nSPS) is 12.3. The van der Waals surface area contributed by atoms with E-state index in [1.165, 1.54) is 69.1 Å². The van der Waals surface area contributed by atoms with Gasteiger partial charge in [0, 0.05) is 0 Å². The van der Waals surface area contributed by atoms with Gasteiger partial charge in [-0.3, -0.25) is 0 Å². The van der Waals surface area contributed by atoms with Crippen LogP contribution in [0.1, 0.15) is 79.1 Å². The molecule has 0 radical (unpaired) electrons. The van der Waals surface area contributed by atoms with Gasteiger partial charge in [0.05, 0.1) is 0 Å². The zero-order chi connectivity index (χ0) is 22.4. The van der Waals surface area contributed by atoms with Crippen molar-refractivity contribution in [2.75, 3.05) is 0 Å². The molecule has 1 nitrogen and oxygen atoms in total. The molecular weight excluding hydrogens is 590 g/mol. The Morgan fingerprint density at radius 1 is 0.484 bits per heavy atom. The van der Waals surface area contributed by atoms with Crippen LogP contribution in [0.15, 0.2) is 60.7 Å². The summed E-state index contributed by atoms with van der Waals surface area (Å²) in [7, 11) is 0. The first kappa shape index (κ1) is 27.2. The molecule has 0 aliphatic rings. The fourth-order valence-corrected chi connectivity index (χ4v) is 55.3. The van der Waals surface area contributed by atoms with Crippen LogP contribution in [0, 0.1) is 0 Å². The van der Waals surface area contributed by atoms with Gasteiger partial charge < -0.3 is 0 Å². The molecular formula is C28H46OSn2. The predicted octanol–water partition coefficient (Wildman–Crippen LogP) is 7.91. The molecule has 31 heavy (non-hydrogen) atoms. The second kappa shape index (κ2) is 15.0. The van der Waals surface area contributed by atoms with E-state index in [4.69, 9.17) is 1.41 Å². The first-order valence-corrected chi connectivity index (χ1v) is 26.2. The van der Waals surface area contributed by atoms with E-state index in [9.17, 15) is 0 Å². The van der Waals surface area contributed by atoms with Gasteiger partial charge in [0.2, 0.25) is 0 Å². The summed E-state index contributed by atoms with van der Waals surface area (Å²) in [6.07, 6.45) is 10.4. The van der Waals surface area contributed by atoms with E-state index in [1.54, 1.807) is 7.16 Å². The Morgan fingerprint density at radius 2 is 0.774 bits per heavy atom. The minimum atomic E-state index is -3.02. The molecule has 0 amide bonds. The number of rotatable bonds is 16. The molecule has 0 saturated heterocycles. The van der Waals surface area contributed by atoms with Crippen molar-refractivity contribution in [2.24, 2.45) is 0 Å². The summed E-state index contributed by atoms with van der Waals surface area (Å²) in [4.78, 5) is 0. The molecule has 0 unspecified atom stereocenters. The first-order valence-electron chi connectivity index (χ1n) is 13.0. The molecule has 2 aromatic carbocycles. The Labute approximate surface area is 202 Å². The minimum absolute atomic E-state index is 1.28. The summed E-state index contributed by atoms with van der Waals surface area (Å²) in [5.41, 5.74) is 0. The predicted molar refractivity (Wildman–Crippen MR) is 144 cm³/mol. The zero-order valence-electron chi connectivity index (χ0n) is 20.7. The molecule has 0 bridgehead atoms. The van der Waals surface area contributed by atoms with Crippen molar-refractivity contribution >= 4 is 44.7 Å². The van der Waals surface area contributed by atoms with Crippen LogP contribution in [0.25, 0.3) is 0 Å². The third-order valence-corrected chi connectivity index (χ3v) is 45.1. The fraction of sp³-hybridized carbons (Fsp3) is 0.571. The maximum absolute atomic E-state index is 8.03. The summed E-state index contributed by atoms with van der Waals surface area (Å²) in [5, 5.41) is 0. The topological polar surface area (TPSA) is 9.23 Å². The van der Waals surface area contributed by atoms with Gasteiger partial charge >= 0.3 is 204 Å². The van der Waals surface area contributed by atoms with E-state index in [0.717, 1.165) is 0 Å². The third kappa shape index (κ3) is 8.06. The average Bonchev–Trinajstić information content (AvgIpc) is 2.83. The number of hydrogen-bond acceptors (Lipinski definition) is 1. The third-order valence-electron chi connectivity index (χ3n) is 6.73. The Hall–Kier alpha value is -0.00260. The standard InChI is InChI=1S/2C6H5.4C4H9.O.2Sn/c2*1-2-4-6-5-3-1;4*1-3-4-2;;;/h2*1-5H;4*1,3-4H2,2H3;;;. The molecule has 0 aliphatic heterocycles. The molecule has 2 aromatic rings. The number of hydrogen-bond donors (Lipinski definition) is 0. The van der Waals surface area contributed by atoms with Crippen LogP contribution in [0.5, 0.6) is 0 Å². The molecule has 3 heteroatoms. The summed E-state index contributed by atoms with van der Waals surface area (Å²) in [5.74, 6) is 0. The summed E-state index contributed by atoms with van der Waals surface area (Å²) >= 11 is -6.04. The molecule has 0 atom stereocenters. The van der Waals surface area contributed by atoms with E-state index in [0.29, 0.717) is 0 Å². The number of benzene rings is 2. The molecule has 0 N–H and O–H groups in total. The van der Waals surface area contributed by atoms with E-state index >= 15 is 0 Å². The van der Waals surface area contributed by atoms with Crippen LogP contribution in [0.3, 0.4) is 0 Å². The maximum atomic E-state index is 8.03. The Kier molecular flexibility index (Phi) is 13.2. The van der Waals surface area contributed by atoms with Crippen LogP contribution < -0.4 is 7.16 Å². The van der Waals surface area contributed by atoms with Crippen LogP contribution in [-0.2, 0) is 1.41 Å². The molecule has 2 rings (SSSR count). The van der Waals surface area contributed by atoms with Crippen molar-refractivity contribution < 1.29 is 1.41 Å². The van der Waals surface area contributed by atoms with Gasteiger partial charge in [-0.25, -0.2) is 0 Å². The monoisotopic (exact) mass is 638 g/mol. The molecule has 0 aromatic heterocycles. The zero-order valence-corrected chi connectivity index (χ0v) is 26.4. The van der Waals surface area contributed by atoms with Crippen molar-refractivity contribution in [3.05, 3.63) is 60.7 Å². The Bertz CT molecular complexity index is 624. The molecule has 172 valence electrons. The molecule has 0 aliphatic carbocycles. The van der Waals surface area contributed by atoms with E-state index < -0.39 is 37.6 Å². The van der Waals surface area contributed by atoms with Gasteiger partial charge in [-0.05, 0) is 0 Å². The van der Waals surface area contributed by atoms with Crippen LogP contribution >= 0.6 is 0 Å². The fourth-order valence-electron chi connectivity index (χ4n) is 4.86. The second-order valence-corrected chi connectivity index (χ2v) is 34.1. The quantitative estimate of drug-likeness (QED) is 0.170. The van der Waals surface area contributed by atoms with Gasteiger partial charge in [-0.15, -0.1) is 0 Å². The average molecular weight is 636 g/mol. The van der Waals surface area contributed by atoms with Gasteiger partial charge in [-0.1, -0.05) is 0 Å². The molecule has 0 fully saturated rings. The van der Waals surface area contributed by atoms with E-state index in [2.05, 4.69) is 88.4 Å². The number of unbranched alkanes of at least 4 members (excludes halogenated alkanes) is 4. The SMILES string of the molecule is CCC[CH2][Sn]([CH2]CCC)([O][Sn]([CH2]CCC)([CH2]CCC)[c]1ccccc1)[c]1ccccc1. The molecule has 0 spiro atoms. The van der Waals surface area contributed by atoms with Gasteiger partial charge in [0.1, 0.15) is 0 Å². The van der Waals surface area contributed by atoms with Crippen molar-refractivity contribution in [3.63, 3.8) is 0 Å². The summed E-state index contributed by atoms with van der Waals surface area (Å²) in [6.45, 7) is 9.40. The Balaban J connectivity index is 2.60. The summed E-state index contributed by atoms with van der Waals surface area (Å²) < 4.78 is 16.7. The van der Waals surface area contributed by atoms with Crippen LogP contribution in [-0.4, -0.2) is 37.6 Å². The van der Waals surface area contributed by atoms with Crippen molar-refractivity contribution in [3.8, 4) is 0 Å². The molecule has 0 heterocycles. The Morgan fingerprint density at radius 3 is 1.03 bits per heavy atom. The second-order valence-electron chi connectivity index (χ2n) is 9.24.